The maximum absolute atomic E-state index is 13.2. The molecule has 2 aromatic rings. The molecule has 4 heteroatoms. The van der Waals surface area contributed by atoms with Crippen molar-refractivity contribution in [2.24, 2.45) is 0 Å². The fourth-order valence-corrected chi connectivity index (χ4v) is 2.59. The molecule has 0 heterocycles. The molecule has 1 atom stereocenters. The Kier molecular flexibility index (Phi) is 5.13. The molecule has 0 saturated heterocycles. The van der Waals surface area contributed by atoms with Gasteiger partial charge in [0.05, 0.1) is 6.10 Å². The maximum atomic E-state index is 13.2. The Hall–Kier alpha value is -0.710. The minimum Gasteiger partial charge on any atom is -0.392 e. The highest BCUT2D eigenvalue weighted by Gasteiger charge is 2.10. The first-order chi connectivity index (χ1) is 9.04. The highest BCUT2D eigenvalue weighted by Crippen LogP contribution is 2.20. The molecule has 1 nitrogen and oxygen atoms in total. The van der Waals surface area contributed by atoms with Gasteiger partial charge >= 0.3 is 0 Å². The molecule has 1 N–H and O–H groups in total. The number of hydrogen-bond donors (Lipinski definition) is 1. The van der Waals surface area contributed by atoms with Gasteiger partial charge in [0.15, 0.2) is 0 Å². The lowest BCUT2D eigenvalue weighted by atomic mass is 10.0. The van der Waals surface area contributed by atoms with Gasteiger partial charge in [0.1, 0.15) is 5.82 Å². The minimum absolute atomic E-state index is 0.283. The summed E-state index contributed by atoms with van der Waals surface area (Å²) in [4.78, 5) is 0. The van der Waals surface area contributed by atoms with Crippen molar-refractivity contribution in [3.8, 4) is 0 Å². The Morgan fingerprint density at radius 2 is 1.68 bits per heavy atom. The zero-order chi connectivity index (χ0) is 13.8. The lowest BCUT2D eigenvalue weighted by Crippen LogP contribution is -2.14. The molecule has 0 radical (unpaired) electrons. The average molecular weight is 388 g/mol. The third-order valence-corrected chi connectivity index (χ3v) is 4.15. The lowest BCUT2D eigenvalue weighted by Gasteiger charge is -2.12. The average Bonchev–Trinajstić information content (AvgIpc) is 2.37. The van der Waals surface area contributed by atoms with Gasteiger partial charge in [-0.1, -0.05) is 44.0 Å². The number of rotatable bonds is 4. The molecule has 0 spiro atoms. The molecule has 2 aromatic carbocycles. The Labute approximate surface area is 128 Å². The molecular weight excluding hydrogens is 375 g/mol. The second kappa shape index (κ2) is 6.64. The van der Waals surface area contributed by atoms with Gasteiger partial charge in [0, 0.05) is 8.95 Å². The van der Waals surface area contributed by atoms with Crippen molar-refractivity contribution < 1.29 is 9.50 Å². The van der Waals surface area contributed by atoms with Crippen LogP contribution in [0.5, 0.6) is 0 Å². The van der Waals surface area contributed by atoms with Crippen molar-refractivity contribution >= 4 is 31.9 Å². The molecule has 0 aromatic heterocycles. The summed E-state index contributed by atoms with van der Waals surface area (Å²) in [6.45, 7) is 0. The summed E-state index contributed by atoms with van der Waals surface area (Å²) in [5, 5.41) is 10.1. The van der Waals surface area contributed by atoms with Crippen molar-refractivity contribution in [1.29, 1.82) is 0 Å². The summed E-state index contributed by atoms with van der Waals surface area (Å²) in [6, 6.07) is 12.3. The summed E-state index contributed by atoms with van der Waals surface area (Å²) in [7, 11) is 0. The molecule has 0 aliphatic heterocycles. The highest BCUT2D eigenvalue weighted by atomic mass is 79.9. The van der Waals surface area contributed by atoms with Crippen molar-refractivity contribution in [2.45, 2.75) is 18.9 Å². The highest BCUT2D eigenvalue weighted by molar-refractivity contribution is 9.10. The van der Waals surface area contributed by atoms with Crippen LogP contribution >= 0.6 is 31.9 Å². The maximum Gasteiger partial charge on any atom is 0.123 e. The monoisotopic (exact) mass is 386 g/mol. The first kappa shape index (κ1) is 14.7. The molecule has 100 valence electrons. The Morgan fingerprint density at radius 1 is 1.00 bits per heavy atom. The normalized spacial score (nSPS) is 12.4. The lowest BCUT2D eigenvalue weighted by molar-refractivity contribution is 0.175. The molecule has 0 aliphatic carbocycles. The summed E-state index contributed by atoms with van der Waals surface area (Å²) in [5.41, 5.74) is 1.84. The van der Waals surface area contributed by atoms with E-state index in [-0.39, 0.29) is 5.82 Å². The molecule has 1 unspecified atom stereocenters. The fraction of sp³-hybridized carbons (Fsp3) is 0.200. The van der Waals surface area contributed by atoms with E-state index in [1.54, 1.807) is 6.07 Å². The van der Waals surface area contributed by atoms with Gasteiger partial charge in [-0.3, -0.25) is 0 Å². The standard InChI is InChI=1S/C15H13Br2FO/c16-12-3-1-10(2-4-12)7-14(19)9-11-8-13(18)5-6-15(11)17/h1-6,8,14,19H,7,9H2. The van der Waals surface area contributed by atoms with Crippen molar-refractivity contribution in [3.63, 3.8) is 0 Å². The zero-order valence-electron chi connectivity index (χ0n) is 10.1. The van der Waals surface area contributed by atoms with Crippen molar-refractivity contribution in [3.05, 3.63) is 68.4 Å². The van der Waals surface area contributed by atoms with Crippen LogP contribution in [0, 0.1) is 5.82 Å². The van der Waals surface area contributed by atoms with E-state index in [1.807, 2.05) is 24.3 Å². The van der Waals surface area contributed by atoms with E-state index in [4.69, 9.17) is 0 Å². The number of hydrogen-bond acceptors (Lipinski definition) is 1. The van der Waals surface area contributed by atoms with Crippen molar-refractivity contribution in [2.75, 3.05) is 0 Å². The van der Waals surface area contributed by atoms with E-state index in [0.29, 0.717) is 12.8 Å². The summed E-state index contributed by atoms with van der Waals surface area (Å²) in [6.07, 6.45) is 0.448. The number of halogens is 3. The first-order valence-corrected chi connectivity index (χ1v) is 7.49. The van der Waals surface area contributed by atoms with Gasteiger partial charge in [-0.15, -0.1) is 0 Å². The third-order valence-electron chi connectivity index (χ3n) is 2.85. The number of aliphatic hydroxyl groups is 1. The molecule has 19 heavy (non-hydrogen) atoms. The van der Waals surface area contributed by atoms with E-state index < -0.39 is 6.10 Å². The number of aliphatic hydroxyl groups excluding tert-OH is 1. The smallest absolute Gasteiger partial charge is 0.123 e. The molecule has 2 rings (SSSR count). The molecular formula is C15H13Br2FO. The van der Waals surface area contributed by atoms with Crippen LogP contribution < -0.4 is 0 Å². The summed E-state index contributed by atoms with van der Waals surface area (Å²) >= 11 is 6.74. The topological polar surface area (TPSA) is 20.2 Å². The van der Waals surface area contributed by atoms with Crippen LogP contribution in [-0.4, -0.2) is 11.2 Å². The Bertz CT molecular complexity index is 555. The van der Waals surface area contributed by atoms with Crippen LogP contribution in [0.4, 0.5) is 4.39 Å². The van der Waals surface area contributed by atoms with Gasteiger partial charge in [0.2, 0.25) is 0 Å². The van der Waals surface area contributed by atoms with Crippen LogP contribution in [0.25, 0.3) is 0 Å². The predicted molar refractivity (Wildman–Crippen MR) is 81.7 cm³/mol. The molecule has 0 amide bonds. The SMILES string of the molecule is OC(Cc1ccc(Br)cc1)Cc1cc(F)ccc1Br. The molecule has 0 fully saturated rings. The quantitative estimate of drug-likeness (QED) is 0.818. The first-order valence-electron chi connectivity index (χ1n) is 5.91. The summed E-state index contributed by atoms with van der Waals surface area (Å²) in [5.74, 6) is -0.283. The van der Waals surface area contributed by atoms with Crippen LogP contribution in [0.1, 0.15) is 11.1 Å². The van der Waals surface area contributed by atoms with E-state index in [1.165, 1.54) is 12.1 Å². The molecule has 0 saturated carbocycles. The van der Waals surface area contributed by atoms with Crippen LogP contribution in [0.15, 0.2) is 51.4 Å². The van der Waals surface area contributed by atoms with E-state index in [0.717, 1.165) is 20.1 Å². The van der Waals surface area contributed by atoms with E-state index in [9.17, 15) is 9.50 Å². The van der Waals surface area contributed by atoms with Crippen LogP contribution in [-0.2, 0) is 12.8 Å². The number of benzene rings is 2. The van der Waals surface area contributed by atoms with E-state index in [2.05, 4.69) is 31.9 Å². The van der Waals surface area contributed by atoms with Crippen LogP contribution in [0.3, 0.4) is 0 Å². The second-order valence-corrected chi connectivity index (χ2v) is 6.19. The van der Waals surface area contributed by atoms with Gasteiger partial charge < -0.3 is 5.11 Å². The second-order valence-electron chi connectivity index (χ2n) is 4.42. The molecule has 0 bridgehead atoms. The summed E-state index contributed by atoms with van der Waals surface area (Å²) < 4.78 is 15.0. The Balaban J connectivity index is 2.02. The largest absolute Gasteiger partial charge is 0.392 e. The van der Waals surface area contributed by atoms with Crippen molar-refractivity contribution in [1.82, 2.24) is 0 Å². The fourth-order valence-electron chi connectivity index (χ4n) is 1.92. The van der Waals surface area contributed by atoms with E-state index >= 15 is 0 Å². The van der Waals surface area contributed by atoms with Gasteiger partial charge in [-0.05, 0) is 54.3 Å². The van der Waals surface area contributed by atoms with Gasteiger partial charge in [0.25, 0.3) is 0 Å². The minimum atomic E-state index is -0.528. The van der Waals surface area contributed by atoms with Crippen LogP contribution in [0.2, 0.25) is 0 Å². The van der Waals surface area contributed by atoms with Gasteiger partial charge in [-0.25, -0.2) is 4.39 Å². The Morgan fingerprint density at radius 3 is 2.37 bits per heavy atom. The van der Waals surface area contributed by atoms with Gasteiger partial charge in [-0.2, -0.15) is 0 Å². The molecule has 0 aliphatic rings. The predicted octanol–water partition coefficient (Wildman–Crippen LogP) is 4.50. The zero-order valence-corrected chi connectivity index (χ0v) is 13.3. The third kappa shape index (κ3) is 4.41.